The molecule has 1 amide bonds. The maximum atomic E-state index is 13.9. The van der Waals surface area contributed by atoms with Gasteiger partial charge in [-0.05, 0) is 59.9 Å². The second-order valence-corrected chi connectivity index (χ2v) is 11.5. The highest BCUT2D eigenvalue weighted by Gasteiger charge is 2.42. The molecule has 208 valence electrons. The Morgan fingerprint density at radius 2 is 1.80 bits per heavy atom. The first-order valence-corrected chi connectivity index (χ1v) is 13.7. The molecule has 8 heteroatoms. The van der Waals surface area contributed by atoms with Crippen LogP contribution in [0.3, 0.4) is 0 Å². The molecule has 1 aliphatic carbocycles. The molecule has 1 heterocycles. The summed E-state index contributed by atoms with van der Waals surface area (Å²) >= 11 is 6.02. The third-order valence-electron chi connectivity index (χ3n) is 7.45. The van der Waals surface area contributed by atoms with Crippen molar-refractivity contribution < 1.29 is 19.1 Å². The minimum Gasteiger partial charge on any atom is -0.497 e. The second-order valence-electron chi connectivity index (χ2n) is 11.0. The third kappa shape index (κ3) is 5.65. The standard InChI is InChI=1S/C32H34ClN3O4/c1-32(2)16-25-30(27(37)17-32)31(23-15-22(39-3)13-14-28(23)40-4)36(26-8-6-5-7-24(26)35-25)19-29(38)34-18-20-9-11-21(33)12-10-20/h5-15,31,35H,16-19H2,1-4H3,(H,34,38). The number of halogens is 1. The van der Waals surface area contributed by atoms with E-state index in [0.29, 0.717) is 41.5 Å². The van der Waals surface area contributed by atoms with Gasteiger partial charge >= 0.3 is 0 Å². The smallest absolute Gasteiger partial charge is 0.239 e. The van der Waals surface area contributed by atoms with Crippen molar-refractivity contribution in [1.29, 1.82) is 0 Å². The number of hydrogen-bond acceptors (Lipinski definition) is 6. The van der Waals surface area contributed by atoms with E-state index in [9.17, 15) is 9.59 Å². The SMILES string of the molecule is COc1ccc(OC)c(C2C3=C(CC(C)(C)CC3=O)Nc3ccccc3N2CC(=O)NCc2ccc(Cl)cc2)c1. The first-order chi connectivity index (χ1) is 19.2. The Labute approximate surface area is 240 Å². The van der Waals surface area contributed by atoms with Gasteiger partial charge in [-0.3, -0.25) is 9.59 Å². The summed E-state index contributed by atoms with van der Waals surface area (Å²) < 4.78 is 11.4. The van der Waals surface area contributed by atoms with Gasteiger partial charge in [0.05, 0.1) is 38.2 Å². The molecule has 2 N–H and O–H groups in total. The van der Waals surface area contributed by atoms with Crippen LogP contribution in [0.1, 0.15) is 43.9 Å². The first kappa shape index (κ1) is 27.6. The Balaban J connectivity index is 1.62. The molecular formula is C32H34ClN3O4. The molecule has 0 spiro atoms. The fourth-order valence-electron chi connectivity index (χ4n) is 5.62. The lowest BCUT2D eigenvalue weighted by atomic mass is 9.73. The van der Waals surface area contributed by atoms with Gasteiger partial charge in [-0.1, -0.05) is 49.7 Å². The molecular weight excluding hydrogens is 526 g/mol. The van der Waals surface area contributed by atoms with Crippen molar-refractivity contribution in [3.63, 3.8) is 0 Å². The van der Waals surface area contributed by atoms with E-state index in [1.807, 2.05) is 59.5 Å². The van der Waals surface area contributed by atoms with E-state index in [4.69, 9.17) is 21.1 Å². The molecule has 2 aliphatic rings. The number of para-hydroxylation sites is 2. The number of hydrogen-bond donors (Lipinski definition) is 2. The summed E-state index contributed by atoms with van der Waals surface area (Å²) in [5.41, 5.74) is 4.67. The van der Waals surface area contributed by atoms with Crippen LogP contribution in [-0.2, 0) is 16.1 Å². The third-order valence-corrected chi connectivity index (χ3v) is 7.70. The number of benzene rings is 3. The molecule has 0 bridgehead atoms. The lowest BCUT2D eigenvalue weighted by Crippen LogP contribution is -2.42. The van der Waals surface area contributed by atoms with Crippen molar-refractivity contribution in [3.8, 4) is 11.5 Å². The van der Waals surface area contributed by atoms with Crippen molar-refractivity contribution in [1.82, 2.24) is 5.32 Å². The Morgan fingerprint density at radius 1 is 1.05 bits per heavy atom. The van der Waals surface area contributed by atoms with E-state index >= 15 is 0 Å². The number of nitrogens with one attached hydrogen (secondary N) is 2. The van der Waals surface area contributed by atoms with Crippen LogP contribution in [0, 0.1) is 5.41 Å². The van der Waals surface area contributed by atoms with Gasteiger partial charge in [-0.15, -0.1) is 0 Å². The molecule has 1 aliphatic heterocycles. The highest BCUT2D eigenvalue weighted by molar-refractivity contribution is 6.30. The van der Waals surface area contributed by atoms with E-state index in [0.717, 1.165) is 28.2 Å². The van der Waals surface area contributed by atoms with Crippen LogP contribution in [-0.4, -0.2) is 32.5 Å². The number of fused-ring (bicyclic) bond motifs is 1. The average molecular weight is 560 g/mol. The first-order valence-electron chi connectivity index (χ1n) is 13.3. The van der Waals surface area contributed by atoms with Crippen molar-refractivity contribution in [2.75, 3.05) is 31.0 Å². The number of anilines is 2. The number of Topliss-reactive ketones (excluding diaryl/α,β-unsaturated/α-hetero) is 1. The van der Waals surface area contributed by atoms with Crippen LogP contribution in [0.5, 0.6) is 11.5 Å². The summed E-state index contributed by atoms with van der Waals surface area (Å²) in [6.45, 7) is 4.59. The number of amides is 1. The van der Waals surface area contributed by atoms with Gasteiger partial charge in [0.2, 0.25) is 5.91 Å². The maximum Gasteiger partial charge on any atom is 0.239 e. The molecule has 7 nitrogen and oxygen atoms in total. The normalized spacial score (nSPS) is 17.8. The van der Waals surface area contributed by atoms with E-state index in [1.165, 1.54) is 0 Å². The Kier molecular flexibility index (Phi) is 7.76. The van der Waals surface area contributed by atoms with Crippen LogP contribution in [0.4, 0.5) is 11.4 Å². The number of rotatable bonds is 7. The quantitative estimate of drug-likeness (QED) is 0.354. The van der Waals surface area contributed by atoms with Crippen LogP contribution >= 0.6 is 11.6 Å². The van der Waals surface area contributed by atoms with Gasteiger partial charge in [-0.2, -0.15) is 0 Å². The van der Waals surface area contributed by atoms with Crippen molar-refractivity contribution in [2.24, 2.45) is 5.41 Å². The summed E-state index contributed by atoms with van der Waals surface area (Å²) in [6.07, 6.45) is 1.10. The highest BCUT2D eigenvalue weighted by atomic mass is 35.5. The van der Waals surface area contributed by atoms with E-state index in [2.05, 4.69) is 24.5 Å². The van der Waals surface area contributed by atoms with E-state index in [-0.39, 0.29) is 23.7 Å². The Bertz CT molecular complexity index is 1470. The summed E-state index contributed by atoms with van der Waals surface area (Å²) in [7, 11) is 3.22. The number of allylic oxidation sites excluding steroid dienone is 1. The second kappa shape index (κ2) is 11.3. The molecule has 5 rings (SSSR count). The van der Waals surface area contributed by atoms with Crippen LogP contribution in [0.15, 0.2) is 78.0 Å². The van der Waals surface area contributed by atoms with Gasteiger partial charge in [0, 0.05) is 34.8 Å². The predicted octanol–water partition coefficient (Wildman–Crippen LogP) is 6.29. The van der Waals surface area contributed by atoms with Crippen LogP contribution < -0.4 is 25.0 Å². The molecule has 3 aromatic carbocycles. The Morgan fingerprint density at radius 3 is 2.52 bits per heavy atom. The van der Waals surface area contributed by atoms with Crippen molar-refractivity contribution in [2.45, 2.75) is 39.3 Å². The molecule has 3 aromatic rings. The van der Waals surface area contributed by atoms with E-state index in [1.54, 1.807) is 26.4 Å². The van der Waals surface area contributed by atoms with Gasteiger partial charge in [-0.25, -0.2) is 0 Å². The average Bonchev–Trinajstić information content (AvgIpc) is 3.06. The Hall–Kier alpha value is -3.97. The molecule has 1 unspecified atom stereocenters. The molecule has 0 radical (unpaired) electrons. The molecule has 1 atom stereocenters. The number of ketones is 1. The number of carbonyl (C=O) groups excluding carboxylic acids is 2. The summed E-state index contributed by atoms with van der Waals surface area (Å²) in [4.78, 5) is 29.5. The topological polar surface area (TPSA) is 79.9 Å². The van der Waals surface area contributed by atoms with Gasteiger partial charge in [0.1, 0.15) is 11.5 Å². The monoisotopic (exact) mass is 559 g/mol. The number of ether oxygens (including phenoxy) is 2. The van der Waals surface area contributed by atoms with Gasteiger partial charge in [0.25, 0.3) is 0 Å². The minimum absolute atomic E-state index is 0.0186. The van der Waals surface area contributed by atoms with Gasteiger partial charge in [0.15, 0.2) is 5.78 Å². The minimum atomic E-state index is -0.582. The molecule has 0 saturated carbocycles. The fraction of sp³-hybridized carbons (Fsp3) is 0.312. The van der Waals surface area contributed by atoms with E-state index < -0.39 is 6.04 Å². The number of carbonyl (C=O) groups is 2. The largest absolute Gasteiger partial charge is 0.497 e. The van der Waals surface area contributed by atoms with Crippen molar-refractivity contribution in [3.05, 3.63) is 94.1 Å². The fourth-order valence-corrected chi connectivity index (χ4v) is 5.74. The lowest BCUT2D eigenvalue weighted by molar-refractivity contribution is -0.121. The number of nitrogens with zero attached hydrogens (tertiary/aromatic N) is 1. The molecule has 0 fully saturated rings. The van der Waals surface area contributed by atoms with Crippen LogP contribution in [0.25, 0.3) is 0 Å². The zero-order valence-electron chi connectivity index (χ0n) is 23.2. The number of methoxy groups -OCH3 is 2. The molecule has 40 heavy (non-hydrogen) atoms. The summed E-state index contributed by atoms with van der Waals surface area (Å²) in [5.74, 6) is 1.12. The zero-order chi connectivity index (χ0) is 28.4. The summed E-state index contributed by atoms with van der Waals surface area (Å²) in [6, 6.07) is 20.2. The van der Waals surface area contributed by atoms with Crippen molar-refractivity contribution >= 4 is 34.7 Å². The maximum absolute atomic E-state index is 13.9. The molecule has 0 saturated heterocycles. The highest BCUT2D eigenvalue weighted by Crippen LogP contribution is 2.50. The molecule has 0 aromatic heterocycles. The lowest BCUT2D eigenvalue weighted by Gasteiger charge is -2.38. The summed E-state index contributed by atoms with van der Waals surface area (Å²) in [5, 5.41) is 7.26. The van der Waals surface area contributed by atoms with Gasteiger partial charge < -0.3 is 25.0 Å². The van der Waals surface area contributed by atoms with Crippen LogP contribution in [0.2, 0.25) is 5.02 Å². The zero-order valence-corrected chi connectivity index (χ0v) is 24.0. The predicted molar refractivity (Wildman–Crippen MR) is 158 cm³/mol.